The third-order valence-electron chi connectivity index (χ3n) is 5.23. The van der Waals surface area contributed by atoms with Gasteiger partial charge in [-0.15, -0.1) is 24.0 Å². The molecule has 6 heteroatoms. The Kier molecular flexibility index (Phi) is 11.3. The van der Waals surface area contributed by atoms with Crippen LogP contribution in [0.4, 0.5) is 0 Å². The number of rotatable bonds is 9. The molecule has 148 valence electrons. The fourth-order valence-corrected chi connectivity index (χ4v) is 3.96. The van der Waals surface area contributed by atoms with Gasteiger partial charge in [-0.25, -0.2) is 0 Å². The Hall–Kier alpha value is -0.0800. The molecule has 25 heavy (non-hydrogen) atoms. The molecule has 2 aliphatic rings. The number of ether oxygens (including phenoxy) is 1. The number of hydrogen-bond donors (Lipinski definition) is 1. The summed E-state index contributed by atoms with van der Waals surface area (Å²) in [6.07, 6.45) is 6.09. The van der Waals surface area contributed by atoms with E-state index in [4.69, 9.17) is 9.73 Å². The number of aliphatic imine (C=N–C) groups is 1. The first-order valence-corrected chi connectivity index (χ1v) is 10.1. The molecule has 2 aliphatic heterocycles. The van der Waals surface area contributed by atoms with E-state index in [1.165, 1.54) is 45.3 Å². The maximum Gasteiger partial charge on any atom is 0.193 e. The number of hydrogen-bond acceptors (Lipinski definition) is 3. The molecule has 0 saturated carbocycles. The lowest BCUT2D eigenvalue weighted by molar-refractivity contribution is 0.156. The molecule has 1 spiro atoms. The first-order valence-electron chi connectivity index (χ1n) is 10.1. The summed E-state index contributed by atoms with van der Waals surface area (Å²) in [4.78, 5) is 9.93. The van der Waals surface area contributed by atoms with E-state index in [-0.39, 0.29) is 24.0 Å². The van der Waals surface area contributed by atoms with E-state index in [2.05, 4.69) is 35.9 Å². The standard InChI is InChI=1S/C19H38N4O.HI/c1-4-11-22(12-5-2)13-7-10-21-18(20-6-3)23-14-8-19(16-23)9-15-24-17-19;/h4-17H2,1-3H3,(H,20,21);1H. The van der Waals surface area contributed by atoms with E-state index in [1.807, 2.05) is 0 Å². The zero-order chi connectivity index (χ0) is 17.3. The van der Waals surface area contributed by atoms with Gasteiger partial charge in [0.15, 0.2) is 5.96 Å². The van der Waals surface area contributed by atoms with Gasteiger partial charge in [-0.1, -0.05) is 13.8 Å². The first kappa shape index (κ1) is 23.0. The van der Waals surface area contributed by atoms with Gasteiger partial charge in [-0.3, -0.25) is 4.99 Å². The van der Waals surface area contributed by atoms with Gasteiger partial charge in [0.25, 0.3) is 0 Å². The zero-order valence-corrected chi connectivity index (χ0v) is 18.9. The highest BCUT2D eigenvalue weighted by Gasteiger charge is 2.42. The number of nitrogens with one attached hydrogen (secondary N) is 1. The van der Waals surface area contributed by atoms with E-state index < -0.39 is 0 Å². The third kappa shape index (κ3) is 7.21. The van der Waals surface area contributed by atoms with Crippen molar-refractivity contribution in [3.05, 3.63) is 0 Å². The molecule has 2 rings (SSSR count). The van der Waals surface area contributed by atoms with Crippen LogP contribution in [0.2, 0.25) is 0 Å². The number of halogens is 1. The van der Waals surface area contributed by atoms with Crippen LogP contribution in [0.5, 0.6) is 0 Å². The number of guanidine groups is 1. The summed E-state index contributed by atoms with van der Waals surface area (Å²) < 4.78 is 5.65. The van der Waals surface area contributed by atoms with Crippen molar-refractivity contribution in [2.24, 2.45) is 10.4 Å². The Labute approximate surface area is 172 Å². The summed E-state index contributed by atoms with van der Waals surface area (Å²) in [5.74, 6) is 1.11. The normalized spacial score (nSPS) is 23.5. The summed E-state index contributed by atoms with van der Waals surface area (Å²) in [6.45, 7) is 16.2. The van der Waals surface area contributed by atoms with Crippen molar-refractivity contribution in [2.45, 2.75) is 52.9 Å². The Bertz CT molecular complexity index is 380. The molecule has 0 amide bonds. The van der Waals surface area contributed by atoms with Gasteiger partial charge in [-0.05, 0) is 58.7 Å². The van der Waals surface area contributed by atoms with Crippen LogP contribution in [0.25, 0.3) is 0 Å². The Morgan fingerprint density at radius 2 is 1.92 bits per heavy atom. The molecule has 0 aromatic rings. The van der Waals surface area contributed by atoms with Crippen LogP contribution in [0.15, 0.2) is 4.99 Å². The lowest BCUT2D eigenvalue weighted by atomic mass is 9.87. The molecule has 0 aromatic heterocycles. The maximum absolute atomic E-state index is 5.65. The molecular weight excluding hydrogens is 427 g/mol. The number of nitrogens with zero attached hydrogens (tertiary/aromatic N) is 3. The van der Waals surface area contributed by atoms with Crippen LogP contribution in [0.1, 0.15) is 52.9 Å². The summed E-state index contributed by atoms with van der Waals surface area (Å²) in [7, 11) is 0. The monoisotopic (exact) mass is 466 g/mol. The molecule has 5 nitrogen and oxygen atoms in total. The van der Waals surface area contributed by atoms with Crippen molar-refractivity contribution < 1.29 is 4.74 Å². The molecular formula is C19H39IN4O. The zero-order valence-electron chi connectivity index (χ0n) is 16.6. The van der Waals surface area contributed by atoms with Crippen molar-refractivity contribution in [1.82, 2.24) is 15.1 Å². The van der Waals surface area contributed by atoms with Crippen LogP contribution >= 0.6 is 24.0 Å². The summed E-state index contributed by atoms with van der Waals surface area (Å²) in [5, 5.41) is 3.49. The molecule has 2 saturated heterocycles. The second-order valence-corrected chi connectivity index (χ2v) is 7.40. The molecule has 0 radical (unpaired) electrons. The Balaban J connectivity index is 0.00000312. The molecule has 0 aliphatic carbocycles. The summed E-state index contributed by atoms with van der Waals surface area (Å²) in [6, 6.07) is 0. The van der Waals surface area contributed by atoms with E-state index in [1.54, 1.807) is 0 Å². The topological polar surface area (TPSA) is 40.1 Å². The Morgan fingerprint density at radius 3 is 2.52 bits per heavy atom. The fourth-order valence-electron chi connectivity index (χ4n) is 3.96. The minimum absolute atomic E-state index is 0. The second-order valence-electron chi connectivity index (χ2n) is 7.40. The maximum atomic E-state index is 5.65. The number of likely N-dealkylation sites (tertiary alicyclic amines) is 1. The van der Waals surface area contributed by atoms with Gasteiger partial charge in [0.05, 0.1) is 6.61 Å². The van der Waals surface area contributed by atoms with Crippen molar-refractivity contribution in [3.8, 4) is 0 Å². The molecule has 0 aromatic carbocycles. The quantitative estimate of drug-likeness (QED) is 0.245. The van der Waals surface area contributed by atoms with E-state index in [0.29, 0.717) is 5.41 Å². The van der Waals surface area contributed by atoms with Crippen molar-refractivity contribution in [3.63, 3.8) is 0 Å². The second kappa shape index (κ2) is 12.3. The summed E-state index contributed by atoms with van der Waals surface area (Å²) >= 11 is 0. The highest BCUT2D eigenvalue weighted by Crippen LogP contribution is 2.38. The molecule has 2 heterocycles. The van der Waals surface area contributed by atoms with E-state index in [0.717, 1.165) is 51.8 Å². The van der Waals surface area contributed by atoms with Crippen LogP contribution in [0.3, 0.4) is 0 Å². The molecule has 2 fully saturated rings. The molecule has 1 N–H and O–H groups in total. The molecule has 0 bridgehead atoms. The predicted molar refractivity (Wildman–Crippen MR) is 117 cm³/mol. The highest BCUT2D eigenvalue weighted by atomic mass is 127. The van der Waals surface area contributed by atoms with Gasteiger partial charge in [0.2, 0.25) is 0 Å². The van der Waals surface area contributed by atoms with Crippen LogP contribution < -0.4 is 5.32 Å². The van der Waals surface area contributed by atoms with Gasteiger partial charge in [-0.2, -0.15) is 0 Å². The average molecular weight is 466 g/mol. The van der Waals surface area contributed by atoms with Crippen LogP contribution in [0, 0.1) is 5.41 Å². The predicted octanol–water partition coefficient (Wildman–Crippen LogP) is 3.19. The van der Waals surface area contributed by atoms with Gasteiger partial charge in [0, 0.05) is 38.2 Å². The third-order valence-corrected chi connectivity index (χ3v) is 5.23. The van der Waals surface area contributed by atoms with E-state index >= 15 is 0 Å². The van der Waals surface area contributed by atoms with Crippen molar-refractivity contribution >= 4 is 29.9 Å². The van der Waals surface area contributed by atoms with Crippen LogP contribution in [-0.4, -0.2) is 74.8 Å². The van der Waals surface area contributed by atoms with E-state index in [9.17, 15) is 0 Å². The summed E-state index contributed by atoms with van der Waals surface area (Å²) in [5.41, 5.74) is 0.398. The fraction of sp³-hybridized carbons (Fsp3) is 0.947. The minimum atomic E-state index is 0. The van der Waals surface area contributed by atoms with Gasteiger partial charge in [0.1, 0.15) is 0 Å². The van der Waals surface area contributed by atoms with Crippen molar-refractivity contribution in [1.29, 1.82) is 0 Å². The lowest BCUT2D eigenvalue weighted by Gasteiger charge is -2.25. The lowest BCUT2D eigenvalue weighted by Crippen LogP contribution is -2.41. The molecule has 1 atom stereocenters. The van der Waals surface area contributed by atoms with Crippen molar-refractivity contribution in [2.75, 3.05) is 59.0 Å². The van der Waals surface area contributed by atoms with Gasteiger partial charge < -0.3 is 19.9 Å². The average Bonchev–Trinajstić information content (AvgIpc) is 3.21. The Morgan fingerprint density at radius 1 is 1.16 bits per heavy atom. The van der Waals surface area contributed by atoms with Gasteiger partial charge >= 0.3 is 0 Å². The molecule has 1 unspecified atom stereocenters. The SMILES string of the molecule is CCCN(CCC)CCCN=C(NCC)N1CCC2(CCOC2)C1.I. The highest BCUT2D eigenvalue weighted by molar-refractivity contribution is 14.0. The smallest absolute Gasteiger partial charge is 0.193 e. The largest absolute Gasteiger partial charge is 0.381 e. The minimum Gasteiger partial charge on any atom is -0.381 e. The van der Waals surface area contributed by atoms with Crippen LogP contribution in [-0.2, 0) is 4.74 Å². The first-order chi connectivity index (χ1) is 11.7.